The smallest absolute Gasteiger partial charge is 0.244 e. The number of hydrogen-bond acceptors (Lipinski definition) is 4. The standard InChI is InChI=1S/C26H25N3OS/c1-17(2)22-15-14-21(16-27)25(28-22)31-18(3)26(30)29-23-10-6-4-8-19(23)12-13-20-9-5-7-11-24(20)29/h4-11,14-15,17-18H,12-13H2,1-3H3. The molecule has 0 saturated carbocycles. The number of rotatable bonds is 4. The Morgan fingerprint density at radius 1 is 0.968 bits per heavy atom. The predicted octanol–water partition coefficient (Wildman–Crippen LogP) is 6.02. The zero-order valence-corrected chi connectivity index (χ0v) is 18.8. The monoisotopic (exact) mass is 427 g/mol. The van der Waals surface area contributed by atoms with Crippen molar-refractivity contribution in [3.63, 3.8) is 0 Å². The van der Waals surface area contributed by atoms with Crippen LogP contribution in [-0.2, 0) is 17.6 Å². The summed E-state index contributed by atoms with van der Waals surface area (Å²) in [5, 5.41) is 9.76. The molecule has 0 fully saturated rings. The van der Waals surface area contributed by atoms with Gasteiger partial charge in [-0.2, -0.15) is 5.26 Å². The number of carbonyl (C=O) groups excluding carboxylic acids is 1. The van der Waals surface area contributed by atoms with Crippen LogP contribution >= 0.6 is 11.8 Å². The van der Waals surface area contributed by atoms with E-state index in [1.807, 2.05) is 54.3 Å². The van der Waals surface area contributed by atoms with Gasteiger partial charge < -0.3 is 0 Å². The van der Waals surface area contributed by atoms with Gasteiger partial charge in [-0.1, -0.05) is 62.0 Å². The number of anilines is 2. The largest absolute Gasteiger partial charge is 0.280 e. The minimum absolute atomic E-state index is 0.00700. The molecule has 4 rings (SSSR count). The average molecular weight is 428 g/mol. The number of nitriles is 1. The number of aromatic nitrogens is 1. The maximum absolute atomic E-state index is 13.8. The SMILES string of the molecule is CC(Sc1nc(C(C)C)ccc1C#N)C(=O)N1c2ccccc2CCc2ccccc21. The first-order valence-corrected chi connectivity index (χ1v) is 11.4. The van der Waals surface area contributed by atoms with E-state index in [2.05, 4.69) is 37.0 Å². The molecule has 1 aliphatic heterocycles. The quantitative estimate of drug-likeness (QED) is 0.478. The lowest BCUT2D eigenvalue weighted by molar-refractivity contribution is -0.117. The Bertz CT molecular complexity index is 1120. The van der Waals surface area contributed by atoms with Gasteiger partial charge in [0.1, 0.15) is 11.1 Å². The molecule has 2 aromatic carbocycles. The van der Waals surface area contributed by atoms with Gasteiger partial charge in [0.2, 0.25) is 5.91 Å². The number of carbonyl (C=O) groups is 1. The molecule has 1 atom stereocenters. The second kappa shape index (κ2) is 8.95. The van der Waals surface area contributed by atoms with E-state index in [9.17, 15) is 10.1 Å². The van der Waals surface area contributed by atoms with Crippen molar-refractivity contribution in [2.24, 2.45) is 0 Å². The molecule has 4 nitrogen and oxygen atoms in total. The lowest BCUT2D eigenvalue weighted by Crippen LogP contribution is -2.33. The number of para-hydroxylation sites is 2. The summed E-state index contributed by atoms with van der Waals surface area (Å²) < 4.78 is 0. The van der Waals surface area contributed by atoms with E-state index in [-0.39, 0.29) is 11.8 Å². The summed E-state index contributed by atoms with van der Waals surface area (Å²) in [7, 11) is 0. The maximum Gasteiger partial charge on any atom is 0.244 e. The molecule has 3 aromatic rings. The molecule has 0 saturated heterocycles. The third-order valence-electron chi connectivity index (χ3n) is 5.58. The summed E-state index contributed by atoms with van der Waals surface area (Å²) in [5.41, 5.74) is 5.64. The summed E-state index contributed by atoms with van der Waals surface area (Å²) in [6.07, 6.45) is 1.80. The van der Waals surface area contributed by atoms with Crippen LogP contribution in [0.25, 0.3) is 0 Å². The second-order valence-electron chi connectivity index (χ2n) is 8.05. The van der Waals surface area contributed by atoms with Crippen LogP contribution in [0.4, 0.5) is 11.4 Å². The van der Waals surface area contributed by atoms with Gasteiger partial charge in [0.05, 0.1) is 22.2 Å². The van der Waals surface area contributed by atoms with Crippen LogP contribution in [-0.4, -0.2) is 16.1 Å². The zero-order valence-electron chi connectivity index (χ0n) is 18.0. The van der Waals surface area contributed by atoms with Crippen LogP contribution in [0.1, 0.15) is 49.1 Å². The van der Waals surface area contributed by atoms with E-state index in [1.165, 1.54) is 22.9 Å². The van der Waals surface area contributed by atoms with Crippen molar-refractivity contribution in [3.8, 4) is 6.07 Å². The first-order valence-electron chi connectivity index (χ1n) is 10.6. The summed E-state index contributed by atoms with van der Waals surface area (Å²) in [6, 6.07) is 22.2. The van der Waals surface area contributed by atoms with Gasteiger partial charge in [-0.05, 0) is 61.1 Å². The Hall–Kier alpha value is -3.10. The van der Waals surface area contributed by atoms with Crippen molar-refractivity contribution >= 4 is 29.0 Å². The number of aryl methyl sites for hydroxylation is 2. The Balaban J connectivity index is 1.72. The van der Waals surface area contributed by atoms with Crippen molar-refractivity contribution < 1.29 is 4.79 Å². The second-order valence-corrected chi connectivity index (χ2v) is 9.38. The van der Waals surface area contributed by atoms with Crippen molar-refractivity contribution in [2.75, 3.05) is 4.90 Å². The first-order chi connectivity index (χ1) is 15.0. The van der Waals surface area contributed by atoms with Crippen LogP contribution in [0, 0.1) is 11.3 Å². The van der Waals surface area contributed by atoms with E-state index in [1.54, 1.807) is 6.07 Å². The predicted molar refractivity (Wildman–Crippen MR) is 126 cm³/mol. The molecule has 31 heavy (non-hydrogen) atoms. The molecule has 0 N–H and O–H groups in total. The number of benzene rings is 2. The fourth-order valence-electron chi connectivity index (χ4n) is 3.87. The van der Waals surface area contributed by atoms with Crippen molar-refractivity contribution in [3.05, 3.63) is 83.0 Å². The Kier molecular flexibility index (Phi) is 6.11. The van der Waals surface area contributed by atoms with E-state index in [0.717, 1.165) is 29.9 Å². The number of pyridine rings is 1. The van der Waals surface area contributed by atoms with Crippen molar-refractivity contribution in [2.45, 2.75) is 49.8 Å². The molecule has 1 amide bonds. The Morgan fingerprint density at radius 3 is 2.10 bits per heavy atom. The van der Waals surface area contributed by atoms with E-state index in [4.69, 9.17) is 0 Å². The van der Waals surface area contributed by atoms with Gasteiger partial charge in [0.25, 0.3) is 0 Å². The van der Waals surface area contributed by atoms with E-state index >= 15 is 0 Å². The zero-order chi connectivity index (χ0) is 22.0. The number of amides is 1. The van der Waals surface area contributed by atoms with Crippen LogP contribution in [0.2, 0.25) is 0 Å². The molecule has 0 aliphatic carbocycles. The van der Waals surface area contributed by atoms with Crippen LogP contribution in [0.15, 0.2) is 65.7 Å². The highest BCUT2D eigenvalue weighted by Gasteiger charge is 2.30. The molecule has 1 aliphatic rings. The van der Waals surface area contributed by atoms with Gasteiger partial charge >= 0.3 is 0 Å². The fourth-order valence-corrected chi connectivity index (χ4v) is 4.81. The highest BCUT2D eigenvalue weighted by atomic mass is 32.2. The van der Waals surface area contributed by atoms with Gasteiger partial charge in [-0.15, -0.1) is 0 Å². The minimum atomic E-state index is -0.402. The normalized spacial score (nSPS) is 13.7. The molecule has 1 unspecified atom stereocenters. The summed E-state index contributed by atoms with van der Waals surface area (Å²) >= 11 is 1.36. The first kappa shape index (κ1) is 21.1. The average Bonchev–Trinajstić information content (AvgIpc) is 2.95. The fraction of sp³-hybridized carbons (Fsp3) is 0.269. The molecule has 5 heteroatoms. The topological polar surface area (TPSA) is 57.0 Å². The molecular weight excluding hydrogens is 402 g/mol. The third-order valence-corrected chi connectivity index (χ3v) is 6.67. The van der Waals surface area contributed by atoms with Crippen LogP contribution in [0.5, 0.6) is 0 Å². The summed E-state index contributed by atoms with van der Waals surface area (Å²) in [4.78, 5) is 20.3. The molecular formula is C26H25N3OS. The van der Waals surface area contributed by atoms with Gasteiger partial charge in [0.15, 0.2) is 0 Å². The molecule has 2 heterocycles. The van der Waals surface area contributed by atoms with Crippen LogP contribution < -0.4 is 4.90 Å². The molecule has 0 radical (unpaired) electrons. The van der Waals surface area contributed by atoms with E-state index < -0.39 is 5.25 Å². The Labute approximate surface area is 187 Å². The molecule has 0 spiro atoms. The lowest BCUT2D eigenvalue weighted by Gasteiger charge is -2.27. The molecule has 156 valence electrons. The number of hydrogen-bond donors (Lipinski definition) is 0. The number of fused-ring (bicyclic) bond motifs is 2. The summed E-state index contributed by atoms with van der Waals surface area (Å²) in [6.45, 7) is 6.04. The van der Waals surface area contributed by atoms with Crippen molar-refractivity contribution in [1.29, 1.82) is 5.26 Å². The van der Waals surface area contributed by atoms with Crippen molar-refractivity contribution in [1.82, 2.24) is 4.98 Å². The van der Waals surface area contributed by atoms with Gasteiger partial charge in [-0.3, -0.25) is 9.69 Å². The number of thioether (sulfide) groups is 1. The van der Waals surface area contributed by atoms with Crippen LogP contribution in [0.3, 0.4) is 0 Å². The minimum Gasteiger partial charge on any atom is -0.280 e. The van der Waals surface area contributed by atoms with Gasteiger partial charge in [0, 0.05) is 5.69 Å². The van der Waals surface area contributed by atoms with Gasteiger partial charge in [-0.25, -0.2) is 4.98 Å². The molecule has 1 aromatic heterocycles. The molecule has 0 bridgehead atoms. The highest BCUT2D eigenvalue weighted by Crippen LogP contribution is 2.38. The third kappa shape index (κ3) is 4.22. The lowest BCUT2D eigenvalue weighted by atomic mass is 10.0. The summed E-state index contributed by atoms with van der Waals surface area (Å²) in [5.74, 6) is 0.245. The number of nitrogens with zero attached hydrogens (tertiary/aromatic N) is 3. The highest BCUT2D eigenvalue weighted by molar-refractivity contribution is 8.00. The van der Waals surface area contributed by atoms with E-state index in [0.29, 0.717) is 10.6 Å². The maximum atomic E-state index is 13.8. The Morgan fingerprint density at radius 2 is 1.55 bits per heavy atom.